The molecule has 0 bridgehead atoms. The Balaban J connectivity index is 2.43. The quantitative estimate of drug-likeness (QED) is 0.693. The van der Waals surface area contributed by atoms with Gasteiger partial charge in [0.1, 0.15) is 0 Å². The van der Waals surface area contributed by atoms with Crippen LogP contribution in [0.2, 0.25) is 0 Å². The normalized spacial score (nSPS) is 13.7. The molecule has 0 aliphatic heterocycles. The Morgan fingerprint density at radius 3 is 2.68 bits per heavy atom. The van der Waals surface area contributed by atoms with Crippen LogP contribution in [0.25, 0.3) is 0 Å². The molecule has 3 nitrogen and oxygen atoms in total. The molecule has 1 aromatic carbocycles. The largest absolute Gasteiger partial charge is 0.481 e. The van der Waals surface area contributed by atoms with Gasteiger partial charge in [0.25, 0.3) is 0 Å². The van der Waals surface area contributed by atoms with E-state index in [1.165, 1.54) is 5.56 Å². The number of aliphatic carboxylic acids is 1. The summed E-state index contributed by atoms with van der Waals surface area (Å²) in [6.07, 6.45) is 4.18. The topological polar surface area (TPSA) is 46.5 Å². The molecular weight excluding hydrogens is 240 g/mol. The Hall–Kier alpha value is -1.61. The fraction of sp³-hybridized carbons (Fsp3) is 0.438. The number of benzene rings is 1. The zero-order valence-electron chi connectivity index (χ0n) is 11.4. The molecule has 0 saturated heterocycles. The molecular formula is C16H22O3. The zero-order valence-corrected chi connectivity index (χ0v) is 11.4. The van der Waals surface area contributed by atoms with Crippen molar-refractivity contribution in [2.45, 2.75) is 44.8 Å². The van der Waals surface area contributed by atoms with E-state index < -0.39 is 5.97 Å². The second kappa shape index (κ2) is 8.48. The lowest BCUT2D eigenvalue weighted by atomic mass is 10.0. The number of carboxylic acid groups (broad SMARTS) is 1. The van der Waals surface area contributed by atoms with E-state index >= 15 is 0 Å². The van der Waals surface area contributed by atoms with Crippen molar-refractivity contribution in [1.82, 2.24) is 0 Å². The first kappa shape index (κ1) is 15.4. The van der Waals surface area contributed by atoms with E-state index in [4.69, 9.17) is 9.84 Å². The first-order valence-corrected chi connectivity index (χ1v) is 6.64. The van der Waals surface area contributed by atoms with Gasteiger partial charge in [-0.3, -0.25) is 4.79 Å². The molecule has 0 aliphatic carbocycles. The molecule has 0 amide bonds. The number of carbonyl (C=O) groups is 1. The van der Waals surface area contributed by atoms with Gasteiger partial charge < -0.3 is 9.84 Å². The highest BCUT2D eigenvalue weighted by atomic mass is 16.5. The lowest BCUT2D eigenvalue weighted by Gasteiger charge is -2.20. The molecule has 104 valence electrons. The summed E-state index contributed by atoms with van der Waals surface area (Å²) in [6.45, 7) is 5.53. The van der Waals surface area contributed by atoms with Crippen LogP contribution in [0.15, 0.2) is 43.0 Å². The molecule has 3 heteroatoms. The molecule has 0 radical (unpaired) electrons. The molecule has 1 rings (SSSR count). The van der Waals surface area contributed by atoms with Gasteiger partial charge in [-0.2, -0.15) is 0 Å². The Labute approximate surface area is 114 Å². The molecule has 0 spiro atoms. The van der Waals surface area contributed by atoms with Crippen LogP contribution in [0.5, 0.6) is 0 Å². The monoisotopic (exact) mass is 262 g/mol. The van der Waals surface area contributed by atoms with Gasteiger partial charge in [-0.05, 0) is 31.7 Å². The van der Waals surface area contributed by atoms with Crippen LogP contribution in [-0.2, 0) is 16.0 Å². The Kier molecular flexibility index (Phi) is 6.90. The minimum Gasteiger partial charge on any atom is -0.481 e. The minimum atomic E-state index is -0.826. The number of carboxylic acids is 1. The summed E-state index contributed by atoms with van der Waals surface area (Å²) in [5.41, 5.74) is 1.27. The van der Waals surface area contributed by atoms with Gasteiger partial charge in [0, 0.05) is 0 Å². The third kappa shape index (κ3) is 6.77. The van der Waals surface area contributed by atoms with Crippen molar-refractivity contribution in [2.24, 2.45) is 0 Å². The van der Waals surface area contributed by atoms with Crippen molar-refractivity contribution >= 4 is 5.97 Å². The predicted octanol–water partition coefficient (Wildman–Crippen LogP) is 3.44. The van der Waals surface area contributed by atoms with Gasteiger partial charge in [0.05, 0.1) is 18.6 Å². The van der Waals surface area contributed by atoms with Crippen molar-refractivity contribution in [3.8, 4) is 0 Å². The summed E-state index contributed by atoms with van der Waals surface area (Å²) < 4.78 is 5.77. The molecule has 1 N–H and O–H groups in total. The third-order valence-corrected chi connectivity index (χ3v) is 2.91. The second-order valence-corrected chi connectivity index (χ2v) is 4.72. The molecule has 1 aromatic rings. The van der Waals surface area contributed by atoms with E-state index in [2.05, 4.69) is 18.7 Å². The first-order valence-electron chi connectivity index (χ1n) is 6.64. The first-order chi connectivity index (χ1) is 9.11. The Morgan fingerprint density at radius 2 is 2.11 bits per heavy atom. The maximum Gasteiger partial charge on any atom is 0.305 e. The number of aryl methyl sites for hydroxylation is 1. The van der Waals surface area contributed by atoms with Crippen LogP contribution in [0.3, 0.4) is 0 Å². The highest BCUT2D eigenvalue weighted by molar-refractivity contribution is 5.67. The Bertz CT molecular complexity index is 386. The van der Waals surface area contributed by atoms with Gasteiger partial charge >= 0.3 is 5.97 Å². The second-order valence-electron chi connectivity index (χ2n) is 4.72. The SMILES string of the molecule is C=CCC(CCc1ccccc1)OC(C)CC(=O)O. The summed E-state index contributed by atoms with van der Waals surface area (Å²) in [5.74, 6) is -0.826. The lowest BCUT2D eigenvalue weighted by Crippen LogP contribution is -2.22. The van der Waals surface area contributed by atoms with Crippen LogP contribution in [0.4, 0.5) is 0 Å². The molecule has 0 fully saturated rings. The number of rotatable bonds is 9. The maximum atomic E-state index is 10.6. The molecule has 2 atom stereocenters. The molecule has 19 heavy (non-hydrogen) atoms. The van der Waals surface area contributed by atoms with Crippen LogP contribution >= 0.6 is 0 Å². The highest BCUT2D eigenvalue weighted by Crippen LogP contribution is 2.14. The van der Waals surface area contributed by atoms with Gasteiger partial charge in [-0.25, -0.2) is 0 Å². The molecule has 0 aliphatic rings. The summed E-state index contributed by atoms with van der Waals surface area (Å²) in [6, 6.07) is 10.2. The Morgan fingerprint density at radius 1 is 1.42 bits per heavy atom. The average molecular weight is 262 g/mol. The van der Waals surface area contributed by atoms with E-state index in [9.17, 15) is 4.79 Å². The van der Waals surface area contributed by atoms with Crippen LogP contribution in [-0.4, -0.2) is 23.3 Å². The standard InChI is InChI=1S/C16H22O3/c1-3-7-15(19-13(2)12-16(17)18)11-10-14-8-5-4-6-9-14/h3-6,8-9,13,15H,1,7,10-12H2,2H3,(H,17,18). The molecule has 0 heterocycles. The molecule has 2 unspecified atom stereocenters. The van der Waals surface area contributed by atoms with Crippen molar-refractivity contribution in [2.75, 3.05) is 0 Å². The van der Waals surface area contributed by atoms with Crippen LogP contribution in [0, 0.1) is 0 Å². The van der Waals surface area contributed by atoms with E-state index in [1.807, 2.05) is 24.3 Å². The van der Waals surface area contributed by atoms with Crippen molar-refractivity contribution in [3.05, 3.63) is 48.6 Å². The van der Waals surface area contributed by atoms with Crippen molar-refractivity contribution < 1.29 is 14.6 Å². The van der Waals surface area contributed by atoms with Crippen LogP contribution in [0.1, 0.15) is 31.7 Å². The fourth-order valence-corrected chi connectivity index (χ4v) is 2.02. The highest BCUT2D eigenvalue weighted by Gasteiger charge is 2.14. The minimum absolute atomic E-state index is 0.0343. The number of hydrogen-bond acceptors (Lipinski definition) is 2. The van der Waals surface area contributed by atoms with Crippen LogP contribution < -0.4 is 0 Å². The van der Waals surface area contributed by atoms with Crippen molar-refractivity contribution in [1.29, 1.82) is 0 Å². The van der Waals surface area contributed by atoms with Gasteiger partial charge in [-0.1, -0.05) is 36.4 Å². The summed E-state index contributed by atoms with van der Waals surface area (Å²) >= 11 is 0. The maximum absolute atomic E-state index is 10.6. The van der Waals surface area contributed by atoms with E-state index in [1.54, 1.807) is 6.92 Å². The van der Waals surface area contributed by atoms with E-state index in [-0.39, 0.29) is 18.6 Å². The van der Waals surface area contributed by atoms with Gasteiger partial charge in [0.2, 0.25) is 0 Å². The molecule has 0 aromatic heterocycles. The van der Waals surface area contributed by atoms with E-state index in [0.29, 0.717) is 0 Å². The zero-order chi connectivity index (χ0) is 14.1. The lowest BCUT2D eigenvalue weighted by molar-refractivity contribution is -0.141. The van der Waals surface area contributed by atoms with E-state index in [0.717, 1.165) is 19.3 Å². The van der Waals surface area contributed by atoms with Gasteiger partial charge in [-0.15, -0.1) is 6.58 Å². The summed E-state index contributed by atoms with van der Waals surface area (Å²) in [4.78, 5) is 10.6. The van der Waals surface area contributed by atoms with Crippen molar-refractivity contribution in [3.63, 3.8) is 0 Å². The smallest absolute Gasteiger partial charge is 0.305 e. The number of hydrogen-bond donors (Lipinski definition) is 1. The average Bonchev–Trinajstić information content (AvgIpc) is 2.36. The van der Waals surface area contributed by atoms with Gasteiger partial charge in [0.15, 0.2) is 0 Å². The molecule has 0 saturated carbocycles. The third-order valence-electron chi connectivity index (χ3n) is 2.91. The number of ether oxygens (including phenoxy) is 1. The predicted molar refractivity (Wildman–Crippen MR) is 76.2 cm³/mol. The summed E-state index contributed by atoms with van der Waals surface area (Å²) in [7, 11) is 0. The summed E-state index contributed by atoms with van der Waals surface area (Å²) in [5, 5.41) is 8.73. The fourth-order valence-electron chi connectivity index (χ4n) is 2.02.